The first-order valence-corrected chi connectivity index (χ1v) is 11.7. The van der Waals surface area contributed by atoms with Crippen LogP contribution in [0.3, 0.4) is 0 Å². The standard InChI is InChI=1S/C22H33N5O3/c23-21(29)22-24-19(30-25-22)13-26-11-15-10-16(12-26)18(9-14-5-2-1-3-6-14)27-17(15)7-4-8-20(27)28/h14-18H,1-13H2,(H2,23,29)/t15-,16+,17+,18+/m1/s1. The van der Waals surface area contributed by atoms with E-state index in [-0.39, 0.29) is 5.82 Å². The Labute approximate surface area is 177 Å². The average molecular weight is 416 g/mol. The summed E-state index contributed by atoms with van der Waals surface area (Å²) in [5.41, 5.74) is 5.25. The summed E-state index contributed by atoms with van der Waals surface area (Å²) in [6.45, 7) is 2.43. The molecule has 4 heterocycles. The molecule has 4 fully saturated rings. The highest BCUT2D eigenvalue weighted by molar-refractivity contribution is 5.88. The van der Waals surface area contributed by atoms with Crippen molar-refractivity contribution >= 4 is 11.8 Å². The highest BCUT2D eigenvalue weighted by Gasteiger charge is 2.49. The average Bonchev–Trinajstić information content (AvgIpc) is 3.21. The number of fused-ring (bicyclic) bond motifs is 4. The lowest BCUT2D eigenvalue weighted by atomic mass is 9.69. The van der Waals surface area contributed by atoms with Gasteiger partial charge in [-0.05, 0) is 43.4 Å². The molecular weight excluding hydrogens is 382 g/mol. The van der Waals surface area contributed by atoms with Gasteiger partial charge in [-0.25, -0.2) is 0 Å². The van der Waals surface area contributed by atoms with Crippen molar-refractivity contribution in [2.75, 3.05) is 13.1 Å². The van der Waals surface area contributed by atoms with Crippen LogP contribution in [0.1, 0.15) is 80.7 Å². The van der Waals surface area contributed by atoms with E-state index in [4.69, 9.17) is 10.3 Å². The van der Waals surface area contributed by atoms with Crippen molar-refractivity contribution in [2.24, 2.45) is 23.5 Å². The number of likely N-dealkylation sites (tertiary alicyclic amines) is 1. The van der Waals surface area contributed by atoms with Gasteiger partial charge in [0.2, 0.25) is 11.8 Å². The van der Waals surface area contributed by atoms with Gasteiger partial charge in [-0.3, -0.25) is 14.5 Å². The predicted molar refractivity (Wildman–Crippen MR) is 109 cm³/mol. The van der Waals surface area contributed by atoms with Crippen LogP contribution in [-0.4, -0.2) is 56.9 Å². The Kier molecular flexibility index (Phi) is 5.52. The summed E-state index contributed by atoms with van der Waals surface area (Å²) < 4.78 is 5.25. The van der Waals surface area contributed by atoms with Gasteiger partial charge in [-0.1, -0.05) is 37.3 Å². The predicted octanol–water partition coefficient (Wildman–Crippen LogP) is 2.34. The van der Waals surface area contributed by atoms with Gasteiger partial charge in [0.25, 0.3) is 11.7 Å². The van der Waals surface area contributed by atoms with Gasteiger partial charge in [0.1, 0.15) is 0 Å². The van der Waals surface area contributed by atoms with Crippen LogP contribution in [0.25, 0.3) is 0 Å². The van der Waals surface area contributed by atoms with Gasteiger partial charge >= 0.3 is 0 Å². The third kappa shape index (κ3) is 3.86. The Morgan fingerprint density at radius 1 is 1.10 bits per heavy atom. The van der Waals surface area contributed by atoms with E-state index in [0.29, 0.717) is 42.3 Å². The molecule has 0 spiro atoms. The second-order valence-corrected chi connectivity index (χ2v) is 9.89. The number of carbonyl (C=O) groups excluding carboxylic acids is 2. The monoisotopic (exact) mass is 415 g/mol. The lowest BCUT2D eigenvalue weighted by Crippen LogP contribution is -2.65. The number of primary amides is 1. The first-order chi connectivity index (χ1) is 14.6. The number of rotatable bonds is 5. The zero-order valence-electron chi connectivity index (χ0n) is 17.7. The lowest BCUT2D eigenvalue weighted by Gasteiger charge is -2.57. The molecular formula is C22H33N5O3. The van der Waals surface area contributed by atoms with Crippen LogP contribution >= 0.6 is 0 Å². The van der Waals surface area contributed by atoms with Crippen molar-refractivity contribution in [1.29, 1.82) is 0 Å². The second kappa shape index (κ2) is 8.29. The van der Waals surface area contributed by atoms with Gasteiger partial charge in [0.05, 0.1) is 6.54 Å². The van der Waals surface area contributed by atoms with Crippen molar-refractivity contribution in [3.05, 3.63) is 11.7 Å². The first kappa shape index (κ1) is 20.0. The van der Waals surface area contributed by atoms with Gasteiger partial charge in [-0.15, -0.1) is 0 Å². The Balaban J connectivity index is 1.34. The first-order valence-electron chi connectivity index (χ1n) is 11.7. The van der Waals surface area contributed by atoms with E-state index < -0.39 is 5.91 Å². The van der Waals surface area contributed by atoms with Gasteiger partial charge in [-0.2, -0.15) is 4.98 Å². The minimum Gasteiger partial charge on any atom is -0.363 e. The molecule has 1 aliphatic carbocycles. The summed E-state index contributed by atoms with van der Waals surface area (Å²) in [5, 5.41) is 3.68. The molecule has 0 unspecified atom stereocenters. The summed E-state index contributed by atoms with van der Waals surface area (Å²) in [6, 6.07) is 0.747. The normalized spacial score (nSPS) is 32.8. The van der Waals surface area contributed by atoms with E-state index in [9.17, 15) is 9.59 Å². The van der Waals surface area contributed by atoms with Gasteiger partial charge in [0, 0.05) is 31.6 Å². The maximum Gasteiger partial charge on any atom is 0.290 e. The summed E-state index contributed by atoms with van der Waals surface area (Å²) >= 11 is 0. The van der Waals surface area contributed by atoms with Gasteiger partial charge < -0.3 is 15.2 Å². The fourth-order valence-corrected chi connectivity index (χ4v) is 6.68. The Morgan fingerprint density at radius 3 is 2.67 bits per heavy atom. The number of carbonyl (C=O) groups is 2. The molecule has 8 heteroatoms. The zero-order chi connectivity index (χ0) is 20.7. The largest absolute Gasteiger partial charge is 0.363 e. The summed E-state index contributed by atoms with van der Waals surface area (Å²) in [5.74, 6) is 1.89. The smallest absolute Gasteiger partial charge is 0.290 e. The van der Waals surface area contributed by atoms with Crippen LogP contribution in [0.2, 0.25) is 0 Å². The number of nitrogens with zero attached hydrogens (tertiary/aromatic N) is 4. The number of piperidine rings is 3. The number of hydrogen-bond acceptors (Lipinski definition) is 6. The van der Waals surface area contributed by atoms with E-state index in [1.54, 1.807) is 0 Å². The van der Waals surface area contributed by atoms with E-state index >= 15 is 0 Å². The van der Waals surface area contributed by atoms with Crippen LogP contribution in [-0.2, 0) is 11.3 Å². The van der Waals surface area contributed by atoms with Crippen molar-refractivity contribution in [3.8, 4) is 0 Å². The van der Waals surface area contributed by atoms with E-state index in [1.165, 1.54) is 44.9 Å². The molecule has 4 atom stereocenters. The van der Waals surface area contributed by atoms with E-state index in [0.717, 1.165) is 38.3 Å². The summed E-state index contributed by atoms with van der Waals surface area (Å²) in [7, 11) is 0. The third-order valence-electron chi connectivity index (χ3n) is 7.92. The molecule has 1 aromatic rings. The zero-order valence-corrected chi connectivity index (χ0v) is 17.7. The van der Waals surface area contributed by atoms with Crippen molar-refractivity contribution in [1.82, 2.24) is 19.9 Å². The van der Waals surface area contributed by atoms with Crippen molar-refractivity contribution < 1.29 is 14.1 Å². The Morgan fingerprint density at radius 2 is 1.90 bits per heavy atom. The molecule has 2 N–H and O–H groups in total. The quantitative estimate of drug-likeness (QED) is 0.791. The van der Waals surface area contributed by atoms with Crippen molar-refractivity contribution in [2.45, 2.75) is 82.8 Å². The fraction of sp³-hybridized carbons (Fsp3) is 0.818. The minimum absolute atomic E-state index is 0.0542. The molecule has 5 rings (SSSR count). The summed E-state index contributed by atoms with van der Waals surface area (Å²) in [6.07, 6.45) is 11.9. The highest BCUT2D eigenvalue weighted by atomic mass is 16.5. The molecule has 3 aliphatic heterocycles. The molecule has 8 nitrogen and oxygen atoms in total. The molecule has 0 radical (unpaired) electrons. The number of nitrogens with two attached hydrogens (primary N) is 1. The van der Waals surface area contributed by atoms with Gasteiger partial charge in [0.15, 0.2) is 0 Å². The van der Waals surface area contributed by atoms with Crippen LogP contribution < -0.4 is 5.73 Å². The molecule has 0 aromatic carbocycles. The molecule has 1 saturated carbocycles. The van der Waals surface area contributed by atoms with E-state index in [2.05, 4.69) is 19.9 Å². The van der Waals surface area contributed by atoms with Crippen LogP contribution in [0.15, 0.2) is 4.52 Å². The summed E-state index contributed by atoms with van der Waals surface area (Å²) in [4.78, 5) is 33.1. The Hall–Kier alpha value is -1.96. The molecule has 164 valence electrons. The second-order valence-electron chi connectivity index (χ2n) is 9.89. The van der Waals surface area contributed by atoms with Crippen LogP contribution in [0.5, 0.6) is 0 Å². The highest BCUT2D eigenvalue weighted by Crippen LogP contribution is 2.44. The minimum atomic E-state index is -0.663. The van der Waals surface area contributed by atoms with E-state index in [1.807, 2.05) is 0 Å². The maximum absolute atomic E-state index is 13.0. The lowest BCUT2D eigenvalue weighted by molar-refractivity contribution is -0.154. The fourth-order valence-electron chi connectivity index (χ4n) is 6.68. The molecule has 4 aliphatic rings. The third-order valence-corrected chi connectivity index (χ3v) is 7.92. The van der Waals surface area contributed by atoms with Crippen molar-refractivity contribution in [3.63, 3.8) is 0 Å². The molecule has 2 amide bonds. The molecule has 2 bridgehead atoms. The molecule has 3 saturated heterocycles. The Bertz CT molecular complexity index is 789. The topological polar surface area (TPSA) is 106 Å². The number of hydrogen-bond donors (Lipinski definition) is 1. The number of aromatic nitrogens is 2. The van der Waals surface area contributed by atoms with Crippen LogP contribution in [0.4, 0.5) is 0 Å². The number of amides is 2. The SMILES string of the molecule is NC(=O)c1noc(CN2C[C@H]3C[C@@H](C2)[C@H](CC2CCCCC2)N2C(=O)CCC[C@@H]32)n1. The molecule has 30 heavy (non-hydrogen) atoms. The van der Waals surface area contributed by atoms with Crippen LogP contribution in [0, 0.1) is 17.8 Å². The molecule has 1 aromatic heterocycles. The maximum atomic E-state index is 13.0.